The molecule has 5 rings (SSSR count). The molecule has 2 heterocycles. The number of carbonyl (C=O) groups excluding carboxylic acids is 1. The lowest BCUT2D eigenvalue weighted by Gasteiger charge is -2.27. The minimum absolute atomic E-state index is 0.245. The first kappa shape index (κ1) is 13.7. The Balaban J connectivity index is 1.84. The molecule has 4 heteroatoms. The minimum Gasteiger partial charge on any atom is -0.491 e. The van der Waals surface area contributed by atoms with Crippen LogP contribution in [0.1, 0.15) is 29.5 Å². The number of nitrogens with zero attached hydrogens (tertiary/aromatic N) is 2. The van der Waals surface area contributed by atoms with Crippen LogP contribution in [-0.4, -0.2) is 22.4 Å². The van der Waals surface area contributed by atoms with E-state index in [-0.39, 0.29) is 5.78 Å². The fraction of sp³-hybridized carbons (Fsp3) is 0.250. The number of ketones is 1. The lowest BCUT2D eigenvalue weighted by molar-refractivity contribution is -0.123. The lowest BCUT2D eigenvalue weighted by Crippen LogP contribution is -2.38. The van der Waals surface area contributed by atoms with Crippen LogP contribution in [0.5, 0.6) is 5.75 Å². The van der Waals surface area contributed by atoms with Crippen LogP contribution in [0.3, 0.4) is 0 Å². The quantitative estimate of drug-likeness (QED) is 0.639. The fourth-order valence-electron chi connectivity index (χ4n) is 4.12. The molecule has 3 aromatic rings. The van der Waals surface area contributed by atoms with E-state index in [9.17, 15) is 4.79 Å². The Labute approximate surface area is 139 Å². The molecule has 1 aliphatic heterocycles. The predicted octanol–water partition coefficient (Wildman–Crippen LogP) is 3.21. The van der Waals surface area contributed by atoms with Gasteiger partial charge in [0, 0.05) is 30.4 Å². The molecule has 1 aliphatic carbocycles. The normalized spacial score (nSPS) is 22.1. The average Bonchev–Trinajstić information content (AvgIpc) is 2.92. The van der Waals surface area contributed by atoms with Gasteiger partial charge in [-0.3, -0.25) is 14.8 Å². The number of hydrogen-bond donors (Lipinski definition) is 0. The first-order valence-electron chi connectivity index (χ1n) is 8.29. The second kappa shape index (κ2) is 4.87. The van der Waals surface area contributed by atoms with Crippen molar-refractivity contribution in [2.75, 3.05) is 6.61 Å². The number of benzene rings is 2. The van der Waals surface area contributed by atoms with Crippen molar-refractivity contribution in [2.45, 2.75) is 24.7 Å². The van der Waals surface area contributed by atoms with Crippen LogP contribution in [0, 0.1) is 0 Å². The molecule has 0 saturated carbocycles. The Morgan fingerprint density at radius 3 is 2.62 bits per heavy atom. The second-order valence-corrected chi connectivity index (χ2v) is 6.52. The maximum absolute atomic E-state index is 13.2. The number of aromatic nitrogens is 2. The van der Waals surface area contributed by atoms with Gasteiger partial charge in [-0.05, 0) is 30.0 Å². The lowest BCUT2D eigenvalue weighted by atomic mass is 9.71. The van der Waals surface area contributed by atoms with Gasteiger partial charge in [0.25, 0.3) is 0 Å². The van der Waals surface area contributed by atoms with E-state index in [1.807, 2.05) is 24.3 Å². The highest BCUT2D eigenvalue weighted by Crippen LogP contribution is 2.48. The zero-order chi connectivity index (χ0) is 16.1. The standard InChI is InChI=1S/C20H16N2O2/c23-19-7-3-5-13-4-1-2-6-14(13)20(19)12-24-18-11-17-16(10-15(18)20)21-8-9-22-17/h1-2,4,6,8-11H,3,5,7,12H2. The molecule has 1 spiro atoms. The minimum atomic E-state index is -0.700. The van der Waals surface area contributed by atoms with Crippen molar-refractivity contribution in [1.82, 2.24) is 9.97 Å². The van der Waals surface area contributed by atoms with Crippen molar-refractivity contribution < 1.29 is 9.53 Å². The summed E-state index contributed by atoms with van der Waals surface area (Å²) in [5.74, 6) is 1.00. The molecule has 2 aliphatic rings. The van der Waals surface area contributed by atoms with Crippen LogP contribution in [0.15, 0.2) is 48.8 Å². The molecule has 4 nitrogen and oxygen atoms in total. The zero-order valence-electron chi connectivity index (χ0n) is 13.2. The monoisotopic (exact) mass is 316 g/mol. The first-order valence-corrected chi connectivity index (χ1v) is 8.29. The summed E-state index contributed by atoms with van der Waals surface area (Å²) in [7, 11) is 0. The molecule has 118 valence electrons. The van der Waals surface area contributed by atoms with Gasteiger partial charge in [0.15, 0.2) is 5.78 Å². The Hall–Kier alpha value is -2.75. The largest absolute Gasteiger partial charge is 0.491 e. The number of fused-ring (bicyclic) bond motifs is 5. The topological polar surface area (TPSA) is 52.1 Å². The molecule has 1 atom stereocenters. The Kier molecular flexibility index (Phi) is 2.77. The summed E-state index contributed by atoms with van der Waals surface area (Å²) in [4.78, 5) is 21.9. The number of carbonyl (C=O) groups is 1. The van der Waals surface area contributed by atoms with Crippen LogP contribution in [-0.2, 0) is 16.6 Å². The molecule has 0 fully saturated rings. The van der Waals surface area contributed by atoms with Gasteiger partial charge in [0.1, 0.15) is 17.8 Å². The van der Waals surface area contributed by atoms with Gasteiger partial charge in [-0.2, -0.15) is 0 Å². The molecule has 1 unspecified atom stereocenters. The molecule has 1 aromatic heterocycles. The molecule has 0 radical (unpaired) electrons. The van der Waals surface area contributed by atoms with Gasteiger partial charge < -0.3 is 4.74 Å². The Bertz CT molecular complexity index is 982. The van der Waals surface area contributed by atoms with Crippen LogP contribution in [0.25, 0.3) is 11.0 Å². The van der Waals surface area contributed by atoms with Gasteiger partial charge in [-0.25, -0.2) is 0 Å². The van der Waals surface area contributed by atoms with Crippen LogP contribution in [0.2, 0.25) is 0 Å². The number of hydrogen-bond acceptors (Lipinski definition) is 4. The van der Waals surface area contributed by atoms with E-state index in [0.29, 0.717) is 13.0 Å². The molecule has 0 bridgehead atoms. The second-order valence-electron chi connectivity index (χ2n) is 6.52. The van der Waals surface area contributed by atoms with E-state index in [4.69, 9.17) is 4.74 Å². The fourth-order valence-corrected chi connectivity index (χ4v) is 4.12. The van der Waals surface area contributed by atoms with Crippen molar-refractivity contribution in [3.05, 3.63) is 65.5 Å². The van der Waals surface area contributed by atoms with E-state index in [0.717, 1.165) is 40.8 Å². The summed E-state index contributed by atoms with van der Waals surface area (Å²) >= 11 is 0. The number of rotatable bonds is 0. The summed E-state index contributed by atoms with van der Waals surface area (Å²) in [5.41, 5.74) is 4.18. The number of Topliss-reactive ketones (excluding diaryl/α,β-unsaturated/α-hetero) is 1. The van der Waals surface area contributed by atoms with Crippen molar-refractivity contribution in [2.24, 2.45) is 0 Å². The van der Waals surface area contributed by atoms with Crippen molar-refractivity contribution >= 4 is 16.8 Å². The van der Waals surface area contributed by atoms with Gasteiger partial charge in [0.2, 0.25) is 0 Å². The third-order valence-corrected chi connectivity index (χ3v) is 5.28. The summed E-state index contributed by atoms with van der Waals surface area (Å²) in [5, 5.41) is 0. The Morgan fingerprint density at radius 2 is 1.75 bits per heavy atom. The van der Waals surface area contributed by atoms with Crippen molar-refractivity contribution in [3.8, 4) is 5.75 Å². The van der Waals surface area contributed by atoms with Gasteiger partial charge in [-0.1, -0.05) is 24.3 Å². The Morgan fingerprint density at radius 1 is 0.958 bits per heavy atom. The van der Waals surface area contributed by atoms with E-state index < -0.39 is 5.41 Å². The SMILES string of the molecule is O=C1CCCc2ccccc2C12COc1cc3nccnc3cc12. The molecular formula is C20H16N2O2. The summed E-state index contributed by atoms with van der Waals surface area (Å²) < 4.78 is 5.99. The molecule has 0 saturated heterocycles. The highest BCUT2D eigenvalue weighted by atomic mass is 16.5. The average molecular weight is 316 g/mol. The van der Waals surface area contributed by atoms with E-state index in [1.54, 1.807) is 12.4 Å². The predicted molar refractivity (Wildman–Crippen MR) is 90.2 cm³/mol. The highest BCUT2D eigenvalue weighted by Gasteiger charge is 2.50. The third kappa shape index (κ3) is 1.71. The van der Waals surface area contributed by atoms with Gasteiger partial charge in [0.05, 0.1) is 11.0 Å². The number of aryl methyl sites for hydroxylation is 1. The molecule has 24 heavy (non-hydrogen) atoms. The summed E-state index contributed by atoms with van der Waals surface area (Å²) in [6.45, 7) is 0.370. The van der Waals surface area contributed by atoms with Crippen molar-refractivity contribution in [3.63, 3.8) is 0 Å². The molecule has 0 amide bonds. The highest BCUT2D eigenvalue weighted by molar-refractivity contribution is 5.98. The van der Waals surface area contributed by atoms with Gasteiger partial charge in [-0.15, -0.1) is 0 Å². The van der Waals surface area contributed by atoms with Crippen molar-refractivity contribution in [1.29, 1.82) is 0 Å². The van der Waals surface area contributed by atoms with Crippen LogP contribution < -0.4 is 4.74 Å². The summed E-state index contributed by atoms with van der Waals surface area (Å²) in [6.07, 6.45) is 5.76. The molecular weight excluding hydrogens is 300 g/mol. The van der Waals surface area contributed by atoms with Crippen LogP contribution in [0.4, 0.5) is 0 Å². The van der Waals surface area contributed by atoms with E-state index in [2.05, 4.69) is 22.1 Å². The first-order chi connectivity index (χ1) is 11.8. The number of ether oxygens (including phenoxy) is 1. The van der Waals surface area contributed by atoms with Crippen LogP contribution >= 0.6 is 0 Å². The smallest absolute Gasteiger partial charge is 0.151 e. The maximum Gasteiger partial charge on any atom is 0.151 e. The van der Waals surface area contributed by atoms with E-state index >= 15 is 0 Å². The zero-order valence-corrected chi connectivity index (χ0v) is 13.2. The van der Waals surface area contributed by atoms with Gasteiger partial charge >= 0.3 is 0 Å². The molecule has 2 aromatic carbocycles. The third-order valence-electron chi connectivity index (χ3n) is 5.28. The van der Waals surface area contributed by atoms with E-state index in [1.165, 1.54) is 5.56 Å². The molecule has 0 N–H and O–H groups in total. The summed E-state index contributed by atoms with van der Waals surface area (Å²) in [6, 6.07) is 12.2. The maximum atomic E-state index is 13.2.